The highest BCUT2D eigenvalue weighted by Gasteiger charge is 2.27. The highest BCUT2D eigenvalue weighted by molar-refractivity contribution is 7.11. The van der Waals surface area contributed by atoms with Crippen LogP contribution in [0.25, 0.3) is 0 Å². The molecule has 2 aromatic carbocycles. The Bertz CT molecular complexity index is 1090. The first-order valence-electron chi connectivity index (χ1n) is 8.41. The summed E-state index contributed by atoms with van der Waals surface area (Å²) >= 11 is 0.643. The summed E-state index contributed by atoms with van der Waals surface area (Å²) in [6, 6.07) is 9.51. The maximum atomic E-state index is 14.0. The van der Waals surface area contributed by atoms with Gasteiger partial charge in [0.1, 0.15) is 28.2 Å². The lowest BCUT2D eigenvalue weighted by Gasteiger charge is -2.15. The molecule has 11 heteroatoms. The number of carbonyl (C=O) groups is 2. The minimum atomic E-state index is -1.43. The van der Waals surface area contributed by atoms with Crippen molar-refractivity contribution in [2.24, 2.45) is 5.73 Å². The number of hydrogen-bond donors (Lipinski definition) is 2. The second kappa shape index (κ2) is 8.82. The number of para-hydroxylation sites is 1. The Morgan fingerprint density at radius 2 is 1.77 bits per heavy atom. The molecule has 0 fully saturated rings. The molecule has 1 aromatic heterocycles. The number of anilines is 1. The van der Waals surface area contributed by atoms with E-state index >= 15 is 0 Å². The van der Waals surface area contributed by atoms with Crippen LogP contribution < -0.4 is 20.5 Å². The molecular formula is C19H14F3N3O4S. The summed E-state index contributed by atoms with van der Waals surface area (Å²) < 4.78 is 55.6. The number of nitrogens with two attached hydrogens (primary N) is 1. The van der Waals surface area contributed by atoms with Crippen LogP contribution in [0.4, 0.5) is 23.0 Å². The lowest BCUT2D eigenvalue weighted by Crippen LogP contribution is -2.20. The van der Waals surface area contributed by atoms with Gasteiger partial charge in [-0.15, -0.1) is 0 Å². The average Bonchev–Trinajstić information content (AvgIpc) is 3.07. The number of aromatic nitrogens is 1. The number of nitrogens with zero attached hydrogens (tertiary/aromatic N) is 1. The minimum Gasteiger partial charge on any atom is -0.468 e. The Balaban J connectivity index is 1.82. The molecule has 0 spiro atoms. The molecule has 3 N–H and O–H groups in total. The molecule has 3 rings (SSSR count). The van der Waals surface area contributed by atoms with Crippen LogP contribution >= 0.6 is 11.5 Å². The van der Waals surface area contributed by atoms with Gasteiger partial charge in [-0.3, -0.25) is 10.1 Å². The van der Waals surface area contributed by atoms with Crippen molar-refractivity contribution in [2.45, 2.75) is 13.0 Å². The van der Waals surface area contributed by atoms with Gasteiger partial charge < -0.3 is 15.2 Å². The fourth-order valence-corrected chi connectivity index (χ4v) is 3.23. The zero-order valence-corrected chi connectivity index (χ0v) is 16.1. The molecule has 0 aliphatic carbocycles. The molecule has 156 valence electrons. The number of hydrogen-bond acceptors (Lipinski definition) is 6. The van der Waals surface area contributed by atoms with Crippen LogP contribution in [0.2, 0.25) is 0 Å². The van der Waals surface area contributed by atoms with Crippen LogP contribution in [0.15, 0.2) is 42.5 Å². The molecule has 2 amide bonds. The third kappa shape index (κ3) is 4.51. The number of nitrogens with one attached hydrogen (secondary N) is 1. The van der Waals surface area contributed by atoms with E-state index in [2.05, 4.69) is 9.69 Å². The van der Waals surface area contributed by atoms with E-state index in [1.54, 1.807) is 30.3 Å². The average molecular weight is 437 g/mol. The minimum absolute atomic E-state index is 0.0918. The van der Waals surface area contributed by atoms with Gasteiger partial charge in [-0.25, -0.2) is 18.0 Å². The van der Waals surface area contributed by atoms with Gasteiger partial charge in [0.25, 0.3) is 5.91 Å². The van der Waals surface area contributed by atoms with Gasteiger partial charge in [-0.2, -0.15) is 4.37 Å². The van der Waals surface area contributed by atoms with Gasteiger partial charge in [0.15, 0.2) is 11.6 Å². The zero-order valence-electron chi connectivity index (χ0n) is 15.3. The molecule has 0 radical (unpaired) electrons. The summed E-state index contributed by atoms with van der Waals surface area (Å²) in [5, 5.41) is 2.22. The van der Waals surface area contributed by atoms with Crippen molar-refractivity contribution < 1.29 is 32.2 Å². The van der Waals surface area contributed by atoms with E-state index in [1.807, 2.05) is 0 Å². The van der Waals surface area contributed by atoms with Gasteiger partial charge in [-0.1, -0.05) is 18.2 Å². The van der Waals surface area contributed by atoms with Crippen LogP contribution in [0.3, 0.4) is 0 Å². The lowest BCUT2D eigenvalue weighted by molar-refractivity contribution is 0.0994. The van der Waals surface area contributed by atoms with E-state index in [0.29, 0.717) is 17.6 Å². The number of amides is 2. The molecule has 1 heterocycles. The number of ether oxygens (including phenoxy) is 2. The van der Waals surface area contributed by atoms with Crippen molar-refractivity contribution in [3.63, 3.8) is 0 Å². The summed E-state index contributed by atoms with van der Waals surface area (Å²) in [6.07, 6.45) is -2.28. The van der Waals surface area contributed by atoms with E-state index in [0.717, 1.165) is 6.07 Å². The second-order valence-electron chi connectivity index (χ2n) is 5.90. The lowest BCUT2D eigenvalue weighted by atomic mass is 10.1. The fourth-order valence-electron chi connectivity index (χ4n) is 2.51. The summed E-state index contributed by atoms with van der Waals surface area (Å²) in [5.41, 5.74) is 4.33. The molecule has 1 atom stereocenters. The Morgan fingerprint density at radius 1 is 1.10 bits per heavy atom. The van der Waals surface area contributed by atoms with Crippen molar-refractivity contribution in [2.75, 3.05) is 5.32 Å². The van der Waals surface area contributed by atoms with Crippen LogP contribution in [0.1, 0.15) is 28.9 Å². The van der Waals surface area contributed by atoms with Crippen molar-refractivity contribution in [1.29, 1.82) is 0 Å². The monoisotopic (exact) mass is 437 g/mol. The van der Waals surface area contributed by atoms with Gasteiger partial charge >= 0.3 is 6.09 Å². The van der Waals surface area contributed by atoms with E-state index in [4.69, 9.17) is 15.2 Å². The van der Waals surface area contributed by atoms with Crippen LogP contribution in [0.5, 0.6) is 11.6 Å². The Labute approximate surface area is 172 Å². The molecule has 0 saturated heterocycles. The zero-order chi connectivity index (χ0) is 21.8. The number of rotatable bonds is 6. The first-order chi connectivity index (χ1) is 14.3. The molecule has 0 bridgehead atoms. The largest absolute Gasteiger partial charge is 0.468 e. The van der Waals surface area contributed by atoms with Crippen LogP contribution in [-0.4, -0.2) is 16.4 Å². The number of primary amides is 1. The number of carbonyl (C=O) groups excluding carboxylic acids is 2. The van der Waals surface area contributed by atoms with E-state index in [1.165, 1.54) is 6.92 Å². The topological polar surface area (TPSA) is 104 Å². The Kier molecular flexibility index (Phi) is 6.21. The van der Waals surface area contributed by atoms with E-state index < -0.39 is 41.1 Å². The first kappa shape index (κ1) is 21.1. The quantitative estimate of drug-likeness (QED) is 0.556. The smallest absolute Gasteiger partial charge is 0.417 e. The van der Waals surface area contributed by atoms with Gasteiger partial charge in [0.05, 0.1) is 5.56 Å². The number of halogens is 3. The predicted octanol–water partition coefficient (Wildman–Crippen LogP) is 4.41. The third-order valence-electron chi connectivity index (χ3n) is 3.85. The molecule has 1 unspecified atom stereocenters. The predicted molar refractivity (Wildman–Crippen MR) is 102 cm³/mol. The normalized spacial score (nSPS) is 11.6. The third-order valence-corrected chi connectivity index (χ3v) is 4.60. The number of benzene rings is 2. The molecule has 7 nitrogen and oxygen atoms in total. The molecule has 0 aliphatic rings. The maximum absolute atomic E-state index is 14.0. The Morgan fingerprint density at radius 3 is 2.43 bits per heavy atom. The summed E-state index contributed by atoms with van der Waals surface area (Å²) in [4.78, 5) is 23.9. The molecular weight excluding hydrogens is 423 g/mol. The first-order valence-corrected chi connectivity index (χ1v) is 9.18. The summed E-state index contributed by atoms with van der Waals surface area (Å²) in [7, 11) is 0. The highest BCUT2D eigenvalue weighted by Crippen LogP contribution is 2.34. The molecule has 0 aliphatic heterocycles. The molecule has 3 aromatic rings. The van der Waals surface area contributed by atoms with Gasteiger partial charge in [0.2, 0.25) is 5.88 Å². The molecule has 0 saturated carbocycles. The maximum Gasteiger partial charge on any atom is 0.417 e. The van der Waals surface area contributed by atoms with Crippen LogP contribution in [-0.2, 0) is 0 Å². The van der Waals surface area contributed by atoms with E-state index in [-0.39, 0.29) is 22.2 Å². The van der Waals surface area contributed by atoms with Crippen molar-refractivity contribution >= 4 is 28.5 Å². The van der Waals surface area contributed by atoms with Crippen molar-refractivity contribution in [1.82, 2.24) is 4.37 Å². The van der Waals surface area contributed by atoms with Crippen molar-refractivity contribution in [3.8, 4) is 11.6 Å². The SMILES string of the molecule is CC(Oc1nsc(NC(=O)Oc2ccccc2)c1C(N)=O)c1c(F)ccc(F)c1F. The van der Waals surface area contributed by atoms with Gasteiger partial charge in [-0.05, 0) is 42.7 Å². The summed E-state index contributed by atoms with van der Waals surface area (Å²) in [5.74, 6) is -4.87. The fraction of sp³-hybridized carbons (Fsp3) is 0.105. The Hall–Kier alpha value is -3.60. The second-order valence-corrected chi connectivity index (χ2v) is 6.67. The molecule has 30 heavy (non-hydrogen) atoms. The summed E-state index contributed by atoms with van der Waals surface area (Å²) in [6.45, 7) is 1.24. The van der Waals surface area contributed by atoms with Crippen LogP contribution in [0, 0.1) is 17.5 Å². The van der Waals surface area contributed by atoms with Crippen molar-refractivity contribution in [3.05, 3.63) is 71.0 Å². The van der Waals surface area contributed by atoms with Gasteiger partial charge in [0, 0.05) is 0 Å². The standard InChI is InChI=1S/C19H14F3N3O4S/c1-9(13-11(20)7-8-12(21)15(13)22)28-17-14(16(23)26)18(30-25-17)24-19(27)29-10-5-3-2-4-6-10/h2-9H,1H3,(H2,23,26)(H,24,27). The van der Waals surface area contributed by atoms with E-state index in [9.17, 15) is 22.8 Å². The highest BCUT2D eigenvalue weighted by atomic mass is 32.1.